The SMILES string of the molecule is CC1CCCC(Nc2nccnc2N)C1C. The lowest BCUT2D eigenvalue weighted by molar-refractivity contribution is 0.253. The summed E-state index contributed by atoms with van der Waals surface area (Å²) in [5.74, 6) is 2.65. The van der Waals surface area contributed by atoms with Gasteiger partial charge in [-0.1, -0.05) is 26.7 Å². The molecular formula is C12H20N4. The second kappa shape index (κ2) is 4.68. The van der Waals surface area contributed by atoms with E-state index in [9.17, 15) is 0 Å². The van der Waals surface area contributed by atoms with E-state index in [1.165, 1.54) is 19.3 Å². The zero-order valence-electron chi connectivity index (χ0n) is 9.98. The van der Waals surface area contributed by atoms with E-state index in [4.69, 9.17) is 5.73 Å². The average Bonchev–Trinajstić information content (AvgIpc) is 2.28. The highest BCUT2D eigenvalue weighted by Crippen LogP contribution is 2.31. The molecule has 0 spiro atoms. The Labute approximate surface area is 96.7 Å². The quantitative estimate of drug-likeness (QED) is 0.802. The molecule has 3 N–H and O–H groups in total. The van der Waals surface area contributed by atoms with Gasteiger partial charge in [-0.25, -0.2) is 9.97 Å². The van der Waals surface area contributed by atoms with Crippen molar-refractivity contribution in [3.63, 3.8) is 0 Å². The van der Waals surface area contributed by atoms with Gasteiger partial charge >= 0.3 is 0 Å². The van der Waals surface area contributed by atoms with Crippen LogP contribution in [0.1, 0.15) is 33.1 Å². The average molecular weight is 220 g/mol. The molecule has 1 saturated carbocycles. The van der Waals surface area contributed by atoms with Crippen LogP contribution in [0.2, 0.25) is 0 Å². The van der Waals surface area contributed by atoms with E-state index in [1.54, 1.807) is 12.4 Å². The number of aromatic nitrogens is 2. The fraction of sp³-hybridized carbons (Fsp3) is 0.667. The van der Waals surface area contributed by atoms with E-state index in [0.717, 1.165) is 11.7 Å². The number of anilines is 2. The van der Waals surface area contributed by atoms with Gasteiger partial charge in [0.2, 0.25) is 0 Å². The largest absolute Gasteiger partial charge is 0.381 e. The monoisotopic (exact) mass is 220 g/mol. The highest BCUT2D eigenvalue weighted by Gasteiger charge is 2.27. The second-order valence-electron chi connectivity index (χ2n) is 4.81. The third kappa shape index (κ3) is 2.26. The third-order valence-corrected chi connectivity index (χ3v) is 3.76. The first kappa shape index (κ1) is 11.2. The van der Waals surface area contributed by atoms with Crippen LogP contribution in [0.4, 0.5) is 11.6 Å². The summed E-state index contributed by atoms with van der Waals surface area (Å²) in [5.41, 5.74) is 5.78. The van der Waals surface area contributed by atoms with Gasteiger partial charge in [-0.3, -0.25) is 0 Å². The minimum Gasteiger partial charge on any atom is -0.381 e. The Kier molecular flexibility index (Phi) is 3.27. The lowest BCUT2D eigenvalue weighted by Gasteiger charge is -2.34. The van der Waals surface area contributed by atoms with Gasteiger partial charge in [-0.15, -0.1) is 0 Å². The zero-order valence-corrected chi connectivity index (χ0v) is 9.98. The van der Waals surface area contributed by atoms with Crippen LogP contribution < -0.4 is 11.1 Å². The first-order chi connectivity index (χ1) is 7.68. The summed E-state index contributed by atoms with van der Waals surface area (Å²) in [7, 11) is 0. The van der Waals surface area contributed by atoms with Crippen molar-refractivity contribution in [1.82, 2.24) is 9.97 Å². The molecule has 0 bridgehead atoms. The van der Waals surface area contributed by atoms with Crippen molar-refractivity contribution < 1.29 is 0 Å². The van der Waals surface area contributed by atoms with Gasteiger partial charge in [-0.05, 0) is 18.3 Å². The van der Waals surface area contributed by atoms with Gasteiger partial charge < -0.3 is 11.1 Å². The first-order valence-corrected chi connectivity index (χ1v) is 6.01. The number of nitrogens with zero attached hydrogens (tertiary/aromatic N) is 2. The van der Waals surface area contributed by atoms with Crippen LogP contribution >= 0.6 is 0 Å². The summed E-state index contributed by atoms with van der Waals surface area (Å²) in [6.07, 6.45) is 7.10. The Morgan fingerprint density at radius 1 is 1.25 bits per heavy atom. The lowest BCUT2D eigenvalue weighted by Crippen LogP contribution is -2.35. The molecule has 0 radical (unpaired) electrons. The van der Waals surface area contributed by atoms with Gasteiger partial charge in [0.05, 0.1) is 0 Å². The minimum atomic E-state index is 0.475. The predicted octanol–water partition coefficient (Wildman–Crippen LogP) is 2.30. The molecule has 1 aliphatic rings. The number of rotatable bonds is 2. The summed E-state index contributed by atoms with van der Waals surface area (Å²) in [6, 6.07) is 0.475. The third-order valence-electron chi connectivity index (χ3n) is 3.76. The molecule has 0 aliphatic heterocycles. The van der Waals surface area contributed by atoms with Crippen molar-refractivity contribution >= 4 is 11.6 Å². The Hall–Kier alpha value is -1.32. The number of nitrogen functional groups attached to an aromatic ring is 1. The number of nitrogens with two attached hydrogens (primary N) is 1. The molecule has 4 nitrogen and oxygen atoms in total. The molecular weight excluding hydrogens is 200 g/mol. The van der Waals surface area contributed by atoms with Crippen LogP contribution in [0, 0.1) is 11.8 Å². The molecule has 2 rings (SSSR count). The number of nitrogens with one attached hydrogen (secondary N) is 1. The van der Waals surface area contributed by atoms with Crippen molar-refractivity contribution in [2.75, 3.05) is 11.1 Å². The van der Waals surface area contributed by atoms with Crippen LogP contribution in [0.15, 0.2) is 12.4 Å². The Morgan fingerprint density at radius 3 is 2.75 bits per heavy atom. The van der Waals surface area contributed by atoms with E-state index >= 15 is 0 Å². The summed E-state index contributed by atoms with van der Waals surface area (Å²) in [4.78, 5) is 8.27. The van der Waals surface area contributed by atoms with Crippen LogP contribution in [-0.2, 0) is 0 Å². The van der Waals surface area contributed by atoms with Gasteiger partial charge in [0.15, 0.2) is 11.6 Å². The predicted molar refractivity (Wildman–Crippen MR) is 66.0 cm³/mol. The molecule has 1 heterocycles. The van der Waals surface area contributed by atoms with Crippen molar-refractivity contribution in [1.29, 1.82) is 0 Å². The highest BCUT2D eigenvalue weighted by atomic mass is 15.1. The summed E-state index contributed by atoms with van der Waals surface area (Å²) < 4.78 is 0. The van der Waals surface area contributed by atoms with Crippen molar-refractivity contribution in [2.45, 2.75) is 39.2 Å². The summed E-state index contributed by atoms with van der Waals surface area (Å²) in [6.45, 7) is 4.62. The maximum absolute atomic E-state index is 5.78. The molecule has 1 aromatic heterocycles. The molecule has 0 saturated heterocycles. The number of hydrogen-bond acceptors (Lipinski definition) is 4. The van der Waals surface area contributed by atoms with Crippen LogP contribution in [0.5, 0.6) is 0 Å². The van der Waals surface area contributed by atoms with Crippen molar-refractivity contribution in [3.05, 3.63) is 12.4 Å². The van der Waals surface area contributed by atoms with Gasteiger partial charge in [0, 0.05) is 18.4 Å². The molecule has 1 fully saturated rings. The summed E-state index contributed by atoms with van der Waals surface area (Å²) >= 11 is 0. The second-order valence-corrected chi connectivity index (χ2v) is 4.81. The van der Waals surface area contributed by atoms with Crippen molar-refractivity contribution in [3.8, 4) is 0 Å². The first-order valence-electron chi connectivity index (χ1n) is 6.01. The van der Waals surface area contributed by atoms with Gasteiger partial charge in [0.1, 0.15) is 0 Å². The van der Waals surface area contributed by atoms with Crippen LogP contribution in [0.3, 0.4) is 0 Å². The molecule has 3 atom stereocenters. The molecule has 0 amide bonds. The Morgan fingerprint density at radius 2 is 2.00 bits per heavy atom. The van der Waals surface area contributed by atoms with E-state index in [2.05, 4.69) is 29.1 Å². The molecule has 16 heavy (non-hydrogen) atoms. The van der Waals surface area contributed by atoms with Gasteiger partial charge in [0.25, 0.3) is 0 Å². The molecule has 0 aromatic carbocycles. The normalized spacial score (nSPS) is 30.0. The lowest BCUT2D eigenvalue weighted by atomic mass is 9.78. The van der Waals surface area contributed by atoms with E-state index < -0.39 is 0 Å². The maximum Gasteiger partial charge on any atom is 0.169 e. The van der Waals surface area contributed by atoms with Crippen LogP contribution in [0.25, 0.3) is 0 Å². The topological polar surface area (TPSA) is 63.8 Å². The smallest absolute Gasteiger partial charge is 0.169 e. The fourth-order valence-electron chi connectivity index (χ4n) is 2.42. The molecule has 1 aromatic rings. The fourth-order valence-corrected chi connectivity index (χ4v) is 2.42. The van der Waals surface area contributed by atoms with Gasteiger partial charge in [-0.2, -0.15) is 0 Å². The molecule has 4 heteroatoms. The standard InChI is InChI=1S/C12H20N4/c1-8-4-3-5-10(9(8)2)16-12-11(13)14-6-7-15-12/h6-10H,3-5H2,1-2H3,(H2,13,14)(H,15,16). The molecule has 3 unspecified atom stereocenters. The van der Waals surface area contributed by atoms with Crippen LogP contribution in [-0.4, -0.2) is 16.0 Å². The van der Waals surface area contributed by atoms with E-state index in [0.29, 0.717) is 17.8 Å². The minimum absolute atomic E-state index is 0.475. The zero-order chi connectivity index (χ0) is 11.5. The highest BCUT2D eigenvalue weighted by molar-refractivity contribution is 5.55. The van der Waals surface area contributed by atoms with Crippen molar-refractivity contribution in [2.24, 2.45) is 11.8 Å². The Balaban J connectivity index is 2.06. The summed E-state index contributed by atoms with van der Waals surface area (Å²) in [5, 5.41) is 3.43. The molecule has 88 valence electrons. The number of hydrogen-bond donors (Lipinski definition) is 2. The molecule has 1 aliphatic carbocycles. The van der Waals surface area contributed by atoms with E-state index in [-0.39, 0.29) is 0 Å². The van der Waals surface area contributed by atoms with E-state index in [1.807, 2.05) is 0 Å². The maximum atomic E-state index is 5.78. The Bertz CT molecular complexity index is 353.